The largest absolute Gasteiger partial charge is 0.507 e. The van der Waals surface area contributed by atoms with Gasteiger partial charge in [-0.15, -0.1) is 11.3 Å². The van der Waals surface area contributed by atoms with Crippen LogP contribution in [0.1, 0.15) is 10.4 Å². The Balaban J connectivity index is 1.90. The first kappa shape index (κ1) is 13.4. The van der Waals surface area contributed by atoms with Crippen LogP contribution in [0.3, 0.4) is 0 Å². The van der Waals surface area contributed by atoms with Gasteiger partial charge < -0.3 is 15.2 Å². The van der Waals surface area contributed by atoms with Crippen LogP contribution >= 0.6 is 27.3 Å². The van der Waals surface area contributed by atoms with E-state index < -0.39 is 0 Å². The maximum absolute atomic E-state index is 9.80. The molecule has 0 unspecified atom stereocenters. The van der Waals surface area contributed by atoms with Crippen molar-refractivity contribution in [2.75, 3.05) is 7.11 Å². The molecule has 0 saturated carbocycles. The number of phenolic OH excluding ortho intramolecular Hbond substituents is 1. The molecule has 0 aliphatic carbocycles. The van der Waals surface area contributed by atoms with E-state index in [2.05, 4.69) is 27.3 Å². The normalized spacial score (nSPS) is 10.6. The highest BCUT2D eigenvalue weighted by Crippen LogP contribution is 2.24. The first-order valence-electron chi connectivity index (χ1n) is 5.50. The minimum Gasteiger partial charge on any atom is -0.507 e. The Labute approximate surface area is 119 Å². The van der Waals surface area contributed by atoms with E-state index in [1.165, 1.54) is 4.88 Å². The molecule has 2 rings (SSSR count). The van der Waals surface area contributed by atoms with Crippen molar-refractivity contribution in [1.82, 2.24) is 5.32 Å². The zero-order valence-corrected chi connectivity index (χ0v) is 12.3. The SMILES string of the molecule is COc1ccc(CNCc2ccc(Br)s2)c(O)c1. The third kappa shape index (κ3) is 3.48. The number of benzene rings is 1. The molecular formula is C13H14BrNO2S. The van der Waals surface area contributed by atoms with Gasteiger partial charge >= 0.3 is 0 Å². The number of rotatable bonds is 5. The Morgan fingerprint density at radius 3 is 2.72 bits per heavy atom. The summed E-state index contributed by atoms with van der Waals surface area (Å²) in [5, 5.41) is 13.1. The van der Waals surface area contributed by atoms with Gasteiger partial charge in [-0.3, -0.25) is 0 Å². The van der Waals surface area contributed by atoms with Crippen LogP contribution in [0.2, 0.25) is 0 Å². The van der Waals surface area contributed by atoms with Gasteiger partial charge in [0.2, 0.25) is 0 Å². The van der Waals surface area contributed by atoms with Crippen molar-refractivity contribution in [3.63, 3.8) is 0 Å². The molecule has 0 saturated heterocycles. The van der Waals surface area contributed by atoms with Gasteiger partial charge in [-0.1, -0.05) is 6.07 Å². The van der Waals surface area contributed by atoms with E-state index in [4.69, 9.17) is 4.74 Å². The van der Waals surface area contributed by atoms with Gasteiger partial charge in [0.05, 0.1) is 10.9 Å². The van der Waals surface area contributed by atoms with E-state index in [0.29, 0.717) is 12.3 Å². The van der Waals surface area contributed by atoms with Crippen molar-refractivity contribution >= 4 is 27.3 Å². The lowest BCUT2D eigenvalue weighted by atomic mass is 10.2. The predicted octanol–water partition coefficient (Wildman–Crippen LogP) is 3.51. The van der Waals surface area contributed by atoms with Gasteiger partial charge in [0, 0.05) is 29.6 Å². The molecule has 0 aliphatic rings. The summed E-state index contributed by atoms with van der Waals surface area (Å²) in [5.41, 5.74) is 0.867. The molecule has 1 aromatic heterocycles. The number of ether oxygens (including phenoxy) is 1. The Hall–Kier alpha value is -1.04. The van der Waals surface area contributed by atoms with Gasteiger partial charge in [0.1, 0.15) is 11.5 Å². The number of aromatic hydroxyl groups is 1. The van der Waals surface area contributed by atoms with Crippen LogP contribution in [0.4, 0.5) is 0 Å². The Morgan fingerprint density at radius 2 is 2.11 bits per heavy atom. The lowest BCUT2D eigenvalue weighted by molar-refractivity contribution is 0.406. The first-order chi connectivity index (χ1) is 8.69. The van der Waals surface area contributed by atoms with Crippen LogP contribution in [-0.2, 0) is 13.1 Å². The Morgan fingerprint density at radius 1 is 1.28 bits per heavy atom. The minimum absolute atomic E-state index is 0.259. The molecule has 0 radical (unpaired) electrons. The number of thiophene rings is 1. The summed E-state index contributed by atoms with van der Waals surface area (Å²) in [7, 11) is 1.58. The van der Waals surface area contributed by atoms with Crippen molar-refractivity contribution in [2.24, 2.45) is 0 Å². The van der Waals surface area contributed by atoms with E-state index in [1.807, 2.05) is 18.2 Å². The lowest BCUT2D eigenvalue weighted by Gasteiger charge is -2.07. The summed E-state index contributed by atoms with van der Waals surface area (Å²) < 4.78 is 6.17. The van der Waals surface area contributed by atoms with Crippen molar-refractivity contribution in [1.29, 1.82) is 0 Å². The number of hydrogen-bond donors (Lipinski definition) is 2. The molecule has 0 bridgehead atoms. The molecular weight excluding hydrogens is 314 g/mol. The second-order valence-electron chi connectivity index (χ2n) is 3.80. The highest BCUT2D eigenvalue weighted by Gasteiger charge is 2.03. The van der Waals surface area contributed by atoms with Crippen LogP contribution in [0, 0.1) is 0 Å². The second-order valence-corrected chi connectivity index (χ2v) is 6.35. The van der Waals surface area contributed by atoms with Crippen LogP contribution < -0.4 is 10.1 Å². The van der Waals surface area contributed by atoms with Crippen molar-refractivity contribution in [3.8, 4) is 11.5 Å². The smallest absolute Gasteiger partial charge is 0.123 e. The van der Waals surface area contributed by atoms with E-state index >= 15 is 0 Å². The highest BCUT2D eigenvalue weighted by molar-refractivity contribution is 9.11. The second kappa shape index (κ2) is 6.22. The molecule has 0 spiro atoms. The molecule has 2 aromatic rings. The summed E-state index contributed by atoms with van der Waals surface area (Å²) >= 11 is 5.14. The quantitative estimate of drug-likeness (QED) is 0.882. The van der Waals surface area contributed by atoms with Crippen LogP contribution in [-0.4, -0.2) is 12.2 Å². The van der Waals surface area contributed by atoms with Gasteiger partial charge in [-0.05, 0) is 34.1 Å². The number of hydrogen-bond acceptors (Lipinski definition) is 4. The Kier molecular flexibility index (Phi) is 4.63. The average Bonchev–Trinajstić information content (AvgIpc) is 2.77. The van der Waals surface area contributed by atoms with Crippen LogP contribution in [0.25, 0.3) is 0 Å². The summed E-state index contributed by atoms with van der Waals surface area (Å²) in [5.74, 6) is 0.924. The highest BCUT2D eigenvalue weighted by atomic mass is 79.9. The molecule has 0 atom stereocenters. The van der Waals surface area contributed by atoms with E-state index in [9.17, 15) is 5.11 Å². The van der Waals surface area contributed by atoms with E-state index in [-0.39, 0.29) is 5.75 Å². The lowest BCUT2D eigenvalue weighted by Crippen LogP contribution is -2.11. The molecule has 0 fully saturated rings. The zero-order chi connectivity index (χ0) is 13.0. The summed E-state index contributed by atoms with van der Waals surface area (Å²) in [4.78, 5) is 1.26. The van der Waals surface area contributed by atoms with Crippen molar-refractivity contribution in [2.45, 2.75) is 13.1 Å². The third-order valence-corrected chi connectivity index (χ3v) is 4.16. The minimum atomic E-state index is 0.259. The van der Waals surface area contributed by atoms with Gasteiger partial charge in [0.25, 0.3) is 0 Å². The van der Waals surface area contributed by atoms with Crippen LogP contribution in [0.15, 0.2) is 34.1 Å². The van der Waals surface area contributed by atoms with Gasteiger partial charge in [-0.2, -0.15) is 0 Å². The molecule has 0 aliphatic heterocycles. The molecule has 96 valence electrons. The fraction of sp³-hybridized carbons (Fsp3) is 0.231. The number of halogens is 1. The molecule has 2 N–H and O–H groups in total. The maximum atomic E-state index is 9.80. The van der Waals surface area contributed by atoms with Crippen LogP contribution in [0.5, 0.6) is 11.5 Å². The topological polar surface area (TPSA) is 41.5 Å². The number of methoxy groups -OCH3 is 1. The fourth-order valence-electron chi connectivity index (χ4n) is 1.59. The van der Waals surface area contributed by atoms with Gasteiger partial charge in [-0.25, -0.2) is 0 Å². The van der Waals surface area contributed by atoms with E-state index in [1.54, 1.807) is 24.5 Å². The average molecular weight is 328 g/mol. The Bertz CT molecular complexity index is 527. The molecule has 5 heteroatoms. The summed E-state index contributed by atoms with van der Waals surface area (Å²) in [6.45, 7) is 1.42. The molecule has 0 amide bonds. The first-order valence-corrected chi connectivity index (χ1v) is 7.11. The summed E-state index contributed by atoms with van der Waals surface area (Å²) in [6, 6.07) is 9.45. The van der Waals surface area contributed by atoms with Gasteiger partial charge in [0.15, 0.2) is 0 Å². The molecule has 1 heterocycles. The third-order valence-electron chi connectivity index (χ3n) is 2.54. The van der Waals surface area contributed by atoms with E-state index in [0.717, 1.165) is 15.9 Å². The predicted molar refractivity (Wildman–Crippen MR) is 77.2 cm³/mol. The van der Waals surface area contributed by atoms with Crippen molar-refractivity contribution in [3.05, 3.63) is 44.6 Å². The molecule has 18 heavy (non-hydrogen) atoms. The maximum Gasteiger partial charge on any atom is 0.123 e. The van der Waals surface area contributed by atoms with Crippen molar-refractivity contribution < 1.29 is 9.84 Å². The molecule has 3 nitrogen and oxygen atoms in total. The zero-order valence-electron chi connectivity index (χ0n) is 9.94. The monoisotopic (exact) mass is 327 g/mol. The number of phenols is 1. The molecule has 1 aromatic carbocycles. The summed E-state index contributed by atoms with van der Waals surface area (Å²) in [6.07, 6.45) is 0. The standard InChI is InChI=1S/C13H14BrNO2S/c1-17-10-3-2-9(12(16)6-10)7-15-8-11-4-5-13(14)18-11/h2-6,15-16H,7-8H2,1H3. The fourth-order valence-corrected chi connectivity index (χ4v) is 3.04. The number of nitrogens with one attached hydrogen (secondary N) is 1.